The lowest BCUT2D eigenvalue weighted by Crippen LogP contribution is -2.54. The zero-order chi connectivity index (χ0) is 15.0. The maximum absolute atomic E-state index is 12.4. The van der Waals surface area contributed by atoms with E-state index in [0.717, 1.165) is 35.7 Å². The Labute approximate surface area is 122 Å². The first-order chi connectivity index (χ1) is 9.97. The van der Waals surface area contributed by atoms with Crippen molar-refractivity contribution in [2.75, 3.05) is 0 Å². The fraction of sp³-hybridized carbons (Fsp3) is 0.375. The highest BCUT2D eigenvalue weighted by Gasteiger charge is 2.40. The van der Waals surface area contributed by atoms with Crippen molar-refractivity contribution in [1.82, 2.24) is 10.3 Å². The van der Waals surface area contributed by atoms with E-state index >= 15 is 0 Å². The molecule has 0 aliphatic heterocycles. The number of amides is 1. The Morgan fingerprint density at radius 2 is 2.10 bits per heavy atom. The zero-order valence-electron chi connectivity index (χ0n) is 11.9. The van der Waals surface area contributed by atoms with Gasteiger partial charge in [0.2, 0.25) is 0 Å². The molecule has 1 fully saturated rings. The molecule has 21 heavy (non-hydrogen) atoms. The third-order valence-electron chi connectivity index (χ3n) is 4.20. The van der Waals surface area contributed by atoms with E-state index in [4.69, 9.17) is 5.11 Å². The number of carbonyl (C=O) groups excluding carboxylic acids is 1. The molecule has 110 valence electrons. The van der Waals surface area contributed by atoms with Gasteiger partial charge in [-0.2, -0.15) is 0 Å². The third kappa shape index (κ3) is 2.63. The number of aromatic amines is 1. The second-order valence-corrected chi connectivity index (χ2v) is 5.93. The van der Waals surface area contributed by atoms with E-state index in [1.807, 2.05) is 25.1 Å². The maximum atomic E-state index is 12.4. The lowest BCUT2D eigenvalue weighted by atomic mass is 9.74. The van der Waals surface area contributed by atoms with Crippen LogP contribution in [0.1, 0.15) is 41.7 Å². The van der Waals surface area contributed by atoms with Crippen molar-refractivity contribution in [3.8, 4) is 0 Å². The van der Waals surface area contributed by atoms with Gasteiger partial charge in [0.05, 0.1) is 12.0 Å². The molecular weight excluding hydrogens is 268 g/mol. The molecule has 5 heteroatoms. The number of nitrogens with one attached hydrogen (secondary N) is 2. The topological polar surface area (TPSA) is 82.2 Å². The van der Waals surface area contributed by atoms with Gasteiger partial charge in [0.1, 0.15) is 5.69 Å². The van der Waals surface area contributed by atoms with Crippen LogP contribution in [-0.4, -0.2) is 27.5 Å². The van der Waals surface area contributed by atoms with Gasteiger partial charge >= 0.3 is 5.97 Å². The van der Waals surface area contributed by atoms with E-state index in [1.165, 1.54) is 0 Å². The largest absolute Gasteiger partial charge is 0.481 e. The number of carboxylic acids is 1. The van der Waals surface area contributed by atoms with Crippen molar-refractivity contribution >= 4 is 22.8 Å². The van der Waals surface area contributed by atoms with Crippen molar-refractivity contribution in [2.24, 2.45) is 0 Å². The van der Waals surface area contributed by atoms with Crippen LogP contribution in [0.4, 0.5) is 0 Å². The summed E-state index contributed by atoms with van der Waals surface area (Å²) in [6, 6.07) is 7.75. The number of carbonyl (C=O) groups is 2. The van der Waals surface area contributed by atoms with Crippen LogP contribution in [0.3, 0.4) is 0 Å². The number of rotatable bonds is 4. The molecule has 0 atom stereocenters. The molecular formula is C16H18N2O3. The number of benzene rings is 1. The molecule has 1 heterocycles. The Morgan fingerprint density at radius 3 is 2.71 bits per heavy atom. The molecule has 1 aliphatic rings. The first-order valence-electron chi connectivity index (χ1n) is 7.11. The number of aliphatic carboxylic acids is 1. The van der Waals surface area contributed by atoms with E-state index in [1.54, 1.807) is 6.07 Å². The summed E-state index contributed by atoms with van der Waals surface area (Å²) in [6.07, 6.45) is 2.40. The summed E-state index contributed by atoms with van der Waals surface area (Å²) in [5.41, 5.74) is 1.95. The molecule has 0 bridgehead atoms. The molecule has 2 aromatic rings. The van der Waals surface area contributed by atoms with Gasteiger partial charge in [-0.1, -0.05) is 12.1 Å². The lowest BCUT2D eigenvalue weighted by molar-refractivity contribution is -0.139. The Morgan fingerprint density at radius 1 is 1.33 bits per heavy atom. The molecule has 1 aliphatic carbocycles. The predicted molar refractivity (Wildman–Crippen MR) is 79.3 cm³/mol. The number of aryl methyl sites for hydroxylation is 1. The smallest absolute Gasteiger partial charge is 0.305 e. The minimum atomic E-state index is -0.873. The standard InChI is InChI=1S/C16H18N2O3/c1-10-3-4-11-8-13(17-12(11)7-10)15(21)18-16(5-2-6-16)9-14(19)20/h3-4,7-8,17H,2,5-6,9H2,1H3,(H,18,21)(H,19,20). The number of fused-ring (bicyclic) bond motifs is 1. The fourth-order valence-electron chi connectivity index (χ4n) is 2.91. The second-order valence-electron chi connectivity index (χ2n) is 5.93. The summed E-state index contributed by atoms with van der Waals surface area (Å²) < 4.78 is 0. The quantitative estimate of drug-likeness (QED) is 0.808. The Bertz CT molecular complexity index is 713. The predicted octanol–water partition coefficient (Wildman–Crippen LogP) is 2.60. The summed E-state index contributed by atoms with van der Waals surface area (Å²) in [6.45, 7) is 2.00. The van der Waals surface area contributed by atoms with Crippen molar-refractivity contribution in [2.45, 2.75) is 38.1 Å². The summed E-state index contributed by atoms with van der Waals surface area (Å²) in [5.74, 6) is -1.10. The number of carboxylic acid groups (broad SMARTS) is 1. The van der Waals surface area contributed by atoms with Crippen molar-refractivity contribution < 1.29 is 14.7 Å². The maximum Gasteiger partial charge on any atom is 0.305 e. The van der Waals surface area contributed by atoms with Gasteiger partial charge in [0.25, 0.3) is 5.91 Å². The average Bonchev–Trinajstić information content (AvgIpc) is 2.78. The molecule has 3 N–H and O–H groups in total. The molecule has 1 aromatic carbocycles. The highest BCUT2D eigenvalue weighted by atomic mass is 16.4. The molecule has 3 rings (SSSR count). The number of aromatic nitrogens is 1. The molecule has 1 amide bonds. The van der Waals surface area contributed by atoms with Crippen LogP contribution in [0, 0.1) is 6.92 Å². The fourth-order valence-corrected chi connectivity index (χ4v) is 2.91. The van der Waals surface area contributed by atoms with Crippen LogP contribution in [0.25, 0.3) is 10.9 Å². The van der Waals surface area contributed by atoms with Crippen molar-refractivity contribution in [3.05, 3.63) is 35.5 Å². The van der Waals surface area contributed by atoms with Crippen molar-refractivity contribution in [3.63, 3.8) is 0 Å². The van der Waals surface area contributed by atoms with Crippen LogP contribution < -0.4 is 5.32 Å². The van der Waals surface area contributed by atoms with Gasteiger partial charge in [0, 0.05) is 10.9 Å². The van der Waals surface area contributed by atoms with Crippen LogP contribution in [0.2, 0.25) is 0 Å². The highest BCUT2D eigenvalue weighted by molar-refractivity contribution is 5.98. The van der Waals surface area contributed by atoms with E-state index < -0.39 is 11.5 Å². The molecule has 1 aromatic heterocycles. The number of hydrogen-bond acceptors (Lipinski definition) is 2. The summed E-state index contributed by atoms with van der Waals surface area (Å²) >= 11 is 0. The first-order valence-corrected chi connectivity index (χ1v) is 7.11. The zero-order valence-corrected chi connectivity index (χ0v) is 11.9. The number of H-pyrrole nitrogens is 1. The molecule has 0 spiro atoms. The third-order valence-corrected chi connectivity index (χ3v) is 4.20. The average molecular weight is 286 g/mol. The van der Waals surface area contributed by atoms with Crippen molar-refractivity contribution in [1.29, 1.82) is 0 Å². The normalized spacial score (nSPS) is 16.4. The van der Waals surface area contributed by atoms with E-state index in [9.17, 15) is 9.59 Å². The molecule has 0 radical (unpaired) electrons. The SMILES string of the molecule is Cc1ccc2cc(C(=O)NC3(CC(=O)O)CCC3)[nH]c2c1. The number of hydrogen-bond donors (Lipinski definition) is 3. The highest BCUT2D eigenvalue weighted by Crippen LogP contribution is 2.35. The molecule has 0 unspecified atom stereocenters. The molecule has 1 saturated carbocycles. The Hall–Kier alpha value is -2.30. The van der Waals surface area contributed by atoms with Crippen LogP contribution in [-0.2, 0) is 4.79 Å². The van der Waals surface area contributed by atoms with Gasteiger partial charge in [-0.3, -0.25) is 9.59 Å². The Kier molecular flexibility index (Phi) is 3.20. The minimum Gasteiger partial charge on any atom is -0.481 e. The lowest BCUT2D eigenvalue weighted by Gasteiger charge is -2.41. The van der Waals surface area contributed by atoms with E-state index in [2.05, 4.69) is 10.3 Å². The van der Waals surface area contributed by atoms with E-state index in [-0.39, 0.29) is 12.3 Å². The van der Waals surface area contributed by atoms with Crippen LogP contribution >= 0.6 is 0 Å². The van der Waals surface area contributed by atoms with Gasteiger partial charge in [-0.15, -0.1) is 0 Å². The van der Waals surface area contributed by atoms with Gasteiger partial charge in [0.15, 0.2) is 0 Å². The van der Waals surface area contributed by atoms with Gasteiger partial charge in [-0.25, -0.2) is 0 Å². The van der Waals surface area contributed by atoms with Crippen LogP contribution in [0.5, 0.6) is 0 Å². The van der Waals surface area contributed by atoms with Crippen LogP contribution in [0.15, 0.2) is 24.3 Å². The second kappa shape index (κ2) is 4.91. The van der Waals surface area contributed by atoms with Gasteiger partial charge in [-0.05, 0) is 43.9 Å². The Balaban J connectivity index is 1.81. The first kappa shape index (κ1) is 13.7. The summed E-state index contributed by atoms with van der Waals surface area (Å²) in [7, 11) is 0. The molecule has 0 saturated heterocycles. The van der Waals surface area contributed by atoms with E-state index in [0.29, 0.717) is 5.69 Å². The van der Waals surface area contributed by atoms with Gasteiger partial charge < -0.3 is 15.4 Å². The minimum absolute atomic E-state index is 0.0158. The monoisotopic (exact) mass is 286 g/mol. The summed E-state index contributed by atoms with van der Waals surface area (Å²) in [5, 5.41) is 12.9. The summed E-state index contributed by atoms with van der Waals surface area (Å²) in [4.78, 5) is 26.4. The molecule has 5 nitrogen and oxygen atoms in total.